The molecule has 0 spiro atoms. The lowest BCUT2D eigenvalue weighted by molar-refractivity contribution is 0.136. The molecule has 0 saturated heterocycles. The minimum absolute atomic E-state index is 0.279. The molecule has 2 aliphatic rings. The topological polar surface area (TPSA) is 47.6 Å². The molecule has 0 bridgehead atoms. The zero-order valence-corrected chi connectivity index (χ0v) is 8.36. The number of hydrogen-bond acceptors (Lipinski definition) is 3. The van der Waals surface area contributed by atoms with E-state index >= 15 is 0 Å². The van der Waals surface area contributed by atoms with Gasteiger partial charge >= 0.3 is 0 Å². The standard InChI is InChI=1S/C10H18N2O/c1-6(2)10-12-8-4-3-7(11)5-9(8)13-10/h6-9H,3-5,11H2,1-2H3. The molecule has 3 unspecified atom stereocenters. The summed E-state index contributed by atoms with van der Waals surface area (Å²) in [6.45, 7) is 4.24. The van der Waals surface area contributed by atoms with Crippen LogP contribution in [-0.4, -0.2) is 24.1 Å². The van der Waals surface area contributed by atoms with Gasteiger partial charge in [0.25, 0.3) is 0 Å². The predicted molar refractivity (Wildman–Crippen MR) is 52.8 cm³/mol. The fraction of sp³-hybridized carbons (Fsp3) is 0.900. The molecule has 0 aromatic rings. The van der Waals surface area contributed by atoms with Gasteiger partial charge in [-0.25, -0.2) is 4.99 Å². The van der Waals surface area contributed by atoms with E-state index in [1.807, 2.05) is 0 Å². The van der Waals surface area contributed by atoms with Crippen LogP contribution in [0.2, 0.25) is 0 Å². The number of aliphatic imine (C=N–C) groups is 1. The van der Waals surface area contributed by atoms with Crippen molar-refractivity contribution in [2.24, 2.45) is 16.6 Å². The second kappa shape index (κ2) is 3.29. The van der Waals surface area contributed by atoms with Crippen LogP contribution in [0.4, 0.5) is 0 Å². The van der Waals surface area contributed by atoms with Gasteiger partial charge in [-0.15, -0.1) is 0 Å². The Kier molecular flexibility index (Phi) is 2.28. The van der Waals surface area contributed by atoms with E-state index < -0.39 is 0 Å². The molecule has 2 rings (SSSR count). The second-order valence-electron chi connectivity index (χ2n) is 4.42. The SMILES string of the molecule is CC(C)C1=NC2CCC(N)CC2O1. The van der Waals surface area contributed by atoms with E-state index in [1.54, 1.807) is 0 Å². The van der Waals surface area contributed by atoms with E-state index in [9.17, 15) is 0 Å². The summed E-state index contributed by atoms with van der Waals surface area (Å²) in [5, 5.41) is 0. The van der Waals surface area contributed by atoms with E-state index in [4.69, 9.17) is 10.5 Å². The van der Waals surface area contributed by atoms with Crippen molar-refractivity contribution >= 4 is 5.90 Å². The van der Waals surface area contributed by atoms with Crippen molar-refractivity contribution in [3.63, 3.8) is 0 Å². The molecule has 3 heteroatoms. The monoisotopic (exact) mass is 182 g/mol. The highest BCUT2D eigenvalue weighted by Gasteiger charge is 2.36. The van der Waals surface area contributed by atoms with Crippen molar-refractivity contribution in [2.45, 2.75) is 51.3 Å². The van der Waals surface area contributed by atoms with Crippen LogP contribution in [0.5, 0.6) is 0 Å². The van der Waals surface area contributed by atoms with Crippen LogP contribution in [0.25, 0.3) is 0 Å². The smallest absolute Gasteiger partial charge is 0.186 e. The van der Waals surface area contributed by atoms with Gasteiger partial charge in [0, 0.05) is 18.4 Å². The Labute approximate surface area is 79.4 Å². The number of ether oxygens (including phenoxy) is 1. The lowest BCUT2D eigenvalue weighted by Crippen LogP contribution is -2.38. The van der Waals surface area contributed by atoms with Crippen molar-refractivity contribution < 1.29 is 4.74 Å². The molecule has 1 fully saturated rings. The summed E-state index contributed by atoms with van der Waals surface area (Å²) in [6.07, 6.45) is 3.45. The number of nitrogens with zero attached hydrogens (tertiary/aromatic N) is 1. The summed E-state index contributed by atoms with van der Waals surface area (Å²) in [5.41, 5.74) is 5.88. The Morgan fingerprint density at radius 1 is 1.46 bits per heavy atom. The van der Waals surface area contributed by atoms with Gasteiger partial charge in [0.15, 0.2) is 5.90 Å². The molecule has 1 aliphatic carbocycles. The van der Waals surface area contributed by atoms with E-state index in [2.05, 4.69) is 18.8 Å². The van der Waals surface area contributed by atoms with Crippen LogP contribution in [0.15, 0.2) is 4.99 Å². The first-order chi connectivity index (χ1) is 6.16. The first-order valence-corrected chi connectivity index (χ1v) is 5.16. The Bertz CT molecular complexity index is 225. The van der Waals surface area contributed by atoms with E-state index in [1.165, 1.54) is 0 Å². The Hall–Kier alpha value is -0.570. The van der Waals surface area contributed by atoms with Gasteiger partial charge in [0.2, 0.25) is 0 Å². The van der Waals surface area contributed by atoms with Crippen LogP contribution in [0.3, 0.4) is 0 Å². The van der Waals surface area contributed by atoms with Gasteiger partial charge in [0.05, 0.1) is 6.04 Å². The summed E-state index contributed by atoms with van der Waals surface area (Å²) in [4.78, 5) is 4.58. The third kappa shape index (κ3) is 1.70. The molecule has 0 aromatic heterocycles. The van der Waals surface area contributed by atoms with Crippen LogP contribution in [0.1, 0.15) is 33.1 Å². The molecular weight excluding hydrogens is 164 g/mol. The zero-order valence-electron chi connectivity index (χ0n) is 8.36. The highest BCUT2D eigenvalue weighted by molar-refractivity contribution is 5.80. The zero-order chi connectivity index (χ0) is 9.42. The van der Waals surface area contributed by atoms with E-state index in [-0.39, 0.29) is 6.10 Å². The summed E-state index contributed by atoms with van der Waals surface area (Å²) in [6, 6.07) is 0.722. The van der Waals surface area contributed by atoms with Crippen molar-refractivity contribution in [1.29, 1.82) is 0 Å². The van der Waals surface area contributed by atoms with E-state index in [0.717, 1.165) is 25.2 Å². The lowest BCUT2D eigenvalue weighted by Gasteiger charge is -2.27. The number of hydrogen-bond donors (Lipinski definition) is 1. The maximum atomic E-state index is 5.88. The van der Waals surface area contributed by atoms with Gasteiger partial charge in [-0.05, 0) is 12.8 Å². The summed E-state index contributed by atoms with van der Waals surface area (Å²) in [5.74, 6) is 1.35. The predicted octanol–water partition coefficient (Wildman–Crippen LogP) is 1.32. The fourth-order valence-corrected chi connectivity index (χ4v) is 2.05. The van der Waals surface area contributed by atoms with Crippen molar-refractivity contribution in [3.05, 3.63) is 0 Å². The van der Waals surface area contributed by atoms with Gasteiger partial charge in [-0.1, -0.05) is 13.8 Å². The molecule has 0 radical (unpaired) electrons. The van der Waals surface area contributed by atoms with Crippen molar-refractivity contribution in [3.8, 4) is 0 Å². The third-order valence-corrected chi connectivity index (χ3v) is 2.86. The summed E-state index contributed by atoms with van der Waals surface area (Å²) >= 11 is 0. The van der Waals surface area contributed by atoms with Crippen LogP contribution >= 0.6 is 0 Å². The molecule has 3 nitrogen and oxygen atoms in total. The van der Waals surface area contributed by atoms with Gasteiger partial charge in [0.1, 0.15) is 6.10 Å². The highest BCUT2D eigenvalue weighted by Crippen LogP contribution is 2.29. The quantitative estimate of drug-likeness (QED) is 0.665. The molecule has 1 aliphatic heterocycles. The average Bonchev–Trinajstić information content (AvgIpc) is 2.46. The minimum Gasteiger partial charge on any atom is -0.475 e. The minimum atomic E-state index is 0.279. The molecule has 3 atom stereocenters. The van der Waals surface area contributed by atoms with Gasteiger partial charge in [-0.3, -0.25) is 0 Å². The van der Waals surface area contributed by atoms with Crippen LogP contribution in [-0.2, 0) is 4.74 Å². The van der Waals surface area contributed by atoms with Crippen molar-refractivity contribution in [1.82, 2.24) is 0 Å². The van der Waals surface area contributed by atoms with Crippen molar-refractivity contribution in [2.75, 3.05) is 0 Å². The first kappa shape index (κ1) is 9.00. The maximum Gasteiger partial charge on any atom is 0.186 e. The maximum absolute atomic E-state index is 5.88. The van der Waals surface area contributed by atoms with Crippen LogP contribution in [0, 0.1) is 5.92 Å². The lowest BCUT2D eigenvalue weighted by atomic mass is 9.90. The van der Waals surface area contributed by atoms with E-state index in [0.29, 0.717) is 18.0 Å². The Balaban J connectivity index is 2.02. The highest BCUT2D eigenvalue weighted by atomic mass is 16.5. The molecular formula is C10H18N2O. The number of nitrogens with two attached hydrogens (primary N) is 1. The third-order valence-electron chi connectivity index (χ3n) is 2.86. The molecule has 0 amide bonds. The molecule has 13 heavy (non-hydrogen) atoms. The Morgan fingerprint density at radius 3 is 2.92 bits per heavy atom. The summed E-state index contributed by atoms with van der Waals surface area (Å²) in [7, 11) is 0. The number of rotatable bonds is 1. The first-order valence-electron chi connectivity index (χ1n) is 5.16. The summed E-state index contributed by atoms with van der Waals surface area (Å²) < 4.78 is 5.77. The molecule has 74 valence electrons. The van der Waals surface area contributed by atoms with Gasteiger partial charge < -0.3 is 10.5 Å². The second-order valence-corrected chi connectivity index (χ2v) is 4.42. The molecule has 1 heterocycles. The molecule has 1 saturated carbocycles. The fourth-order valence-electron chi connectivity index (χ4n) is 2.05. The number of fused-ring (bicyclic) bond motifs is 1. The normalized spacial score (nSPS) is 38.5. The Morgan fingerprint density at radius 2 is 2.23 bits per heavy atom. The van der Waals surface area contributed by atoms with Crippen LogP contribution < -0.4 is 5.73 Å². The molecule has 2 N–H and O–H groups in total. The largest absolute Gasteiger partial charge is 0.475 e. The molecule has 0 aromatic carbocycles. The van der Waals surface area contributed by atoms with Gasteiger partial charge in [-0.2, -0.15) is 0 Å². The average molecular weight is 182 g/mol.